The number of hydrogen-bond acceptors (Lipinski definition) is 6. The van der Waals surface area contributed by atoms with Crippen LogP contribution in [0, 0.1) is 0 Å². The quantitative estimate of drug-likeness (QED) is 0.906. The van der Waals surface area contributed by atoms with Gasteiger partial charge < -0.3 is 14.6 Å². The smallest absolute Gasteiger partial charge is 0.245 e. The molecule has 1 atom stereocenters. The summed E-state index contributed by atoms with van der Waals surface area (Å²) in [7, 11) is 1.80. The average molecular weight is 278 g/mol. The zero-order chi connectivity index (χ0) is 13.2. The van der Waals surface area contributed by atoms with Crippen molar-refractivity contribution < 1.29 is 9.21 Å². The lowest BCUT2D eigenvalue weighted by Crippen LogP contribution is -2.38. The van der Waals surface area contributed by atoms with Gasteiger partial charge in [0, 0.05) is 13.0 Å². The Labute approximate surface area is 114 Å². The summed E-state index contributed by atoms with van der Waals surface area (Å²) in [5.74, 6) is 0.0634. The van der Waals surface area contributed by atoms with E-state index in [4.69, 9.17) is 4.42 Å². The summed E-state index contributed by atoms with van der Waals surface area (Å²) in [4.78, 5) is 23.8. The number of carbonyl (C=O) groups excluding carboxylic acids is 1. The van der Waals surface area contributed by atoms with Crippen LogP contribution in [0.15, 0.2) is 22.6 Å². The van der Waals surface area contributed by atoms with Gasteiger partial charge in [-0.05, 0) is 7.05 Å². The number of fused-ring (bicyclic) bond motifs is 1. The van der Waals surface area contributed by atoms with E-state index in [2.05, 4.69) is 15.3 Å². The molecular formula is C12H14N4O2S. The molecule has 0 fully saturated rings. The van der Waals surface area contributed by atoms with Gasteiger partial charge in [0.05, 0.1) is 28.3 Å². The van der Waals surface area contributed by atoms with Crippen molar-refractivity contribution in [2.24, 2.45) is 0 Å². The number of rotatable bonds is 3. The van der Waals surface area contributed by atoms with Crippen LogP contribution in [0.3, 0.4) is 0 Å². The maximum absolute atomic E-state index is 12.5. The van der Waals surface area contributed by atoms with E-state index < -0.39 is 0 Å². The van der Waals surface area contributed by atoms with Gasteiger partial charge in [0.2, 0.25) is 5.91 Å². The van der Waals surface area contributed by atoms with Crippen molar-refractivity contribution in [3.05, 3.63) is 34.4 Å². The fourth-order valence-electron chi connectivity index (χ4n) is 2.27. The third-order valence-corrected chi connectivity index (χ3v) is 4.17. The van der Waals surface area contributed by atoms with Crippen LogP contribution in [-0.2, 0) is 17.8 Å². The Morgan fingerprint density at radius 1 is 1.58 bits per heavy atom. The molecule has 7 heteroatoms. The fraction of sp³-hybridized carbons (Fsp3) is 0.417. The second kappa shape index (κ2) is 5.10. The molecule has 1 N–H and O–H groups in total. The Hall–Kier alpha value is -1.73. The summed E-state index contributed by atoms with van der Waals surface area (Å²) in [5.41, 5.74) is 3.58. The number of hydrogen-bond donors (Lipinski definition) is 1. The minimum Gasteiger partial charge on any atom is -0.451 e. The Balaban J connectivity index is 1.85. The van der Waals surface area contributed by atoms with Gasteiger partial charge in [-0.1, -0.05) is 0 Å². The maximum Gasteiger partial charge on any atom is 0.245 e. The summed E-state index contributed by atoms with van der Waals surface area (Å²) in [6, 6.07) is -0.308. The SMILES string of the molecule is CNC1C(=O)N(Cc2cocn2)CCc2ncsc21. The van der Waals surface area contributed by atoms with Crippen LogP contribution in [0.5, 0.6) is 0 Å². The summed E-state index contributed by atoms with van der Waals surface area (Å²) in [6.45, 7) is 1.13. The number of oxazole rings is 1. The molecular weight excluding hydrogens is 264 g/mol. The molecule has 1 aliphatic rings. The van der Waals surface area contributed by atoms with Crippen LogP contribution in [0.25, 0.3) is 0 Å². The van der Waals surface area contributed by atoms with E-state index in [1.165, 1.54) is 17.7 Å². The lowest BCUT2D eigenvalue weighted by molar-refractivity contribution is -0.133. The van der Waals surface area contributed by atoms with Crippen molar-refractivity contribution in [1.82, 2.24) is 20.2 Å². The van der Waals surface area contributed by atoms with Crippen LogP contribution in [0.2, 0.25) is 0 Å². The molecule has 0 bridgehead atoms. The highest BCUT2D eigenvalue weighted by atomic mass is 32.1. The topological polar surface area (TPSA) is 71.3 Å². The Bertz CT molecular complexity index is 566. The van der Waals surface area contributed by atoms with Crippen molar-refractivity contribution in [3.63, 3.8) is 0 Å². The van der Waals surface area contributed by atoms with E-state index in [1.54, 1.807) is 23.7 Å². The molecule has 1 unspecified atom stereocenters. The first-order valence-corrected chi connectivity index (χ1v) is 6.93. The van der Waals surface area contributed by atoms with E-state index in [0.29, 0.717) is 13.1 Å². The number of nitrogens with zero attached hydrogens (tertiary/aromatic N) is 3. The van der Waals surface area contributed by atoms with E-state index in [9.17, 15) is 4.79 Å². The highest BCUT2D eigenvalue weighted by Gasteiger charge is 2.31. The van der Waals surface area contributed by atoms with Crippen molar-refractivity contribution >= 4 is 17.2 Å². The molecule has 19 heavy (non-hydrogen) atoms. The third kappa shape index (κ3) is 2.26. The van der Waals surface area contributed by atoms with Crippen molar-refractivity contribution in [1.29, 1.82) is 0 Å². The van der Waals surface area contributed by atoms with Crippen LogP contribution in [0.1, 0.15) is 22.3 Å². The molecule has 0 aromatic carbocycles. The molecule has 2 aromatic rings. The van der Waals surface area contributed by atoms with E-state index in [1.807, 2.05) is 0 Å². The fourth-order valence-corrected chi connectivity index (χ4v) is 3.21. The highest BCUT2D eigenvalue weighted by molar-refractivity contribution is 7.10. The van der Waals surface area contributed by atoms with Gasteiger partial charge in [0.1, 0.15) is 12.3 Å². The van der Waals surface area contributed by atoms with Crippen molar-refractivity contribution in [2.75, 3.05) is 13.6 Å². The second-order valence-electron chi connectivity index (χ2n) is 4.37. The molecule has 0 spiro atoms. The largest absolute Gasteiger partial charge is 0.451 e. The zero-order valence-electron chi connectivity index (χ0n) is 10.5. The van der Waals surface area contributed by atoms with Gasteiger partial charge >= 0.3 is 0 Å². The van der Waals surface area contributed by atoms with Gasteiger partial charge in [-0.25, -0.2) is 9.97 Å². The van der Waals surface area contributed by atoms with Gasteiger partial charge in [0.15, 0.2) is 6.39 Å². The number of amides is 1. The predicted molar refractivity (Wildman–Crippen MR) is 69.5 cm³/mol. The van der Waals surface area contributed by atoms with Gasteiger partial charge in [-0.2, -0.15) is 0 Å². The first-order chi connectivity index (χ1) is 9.29. The molecule has 1 aliphatic heterocycles. The van der Waals surface area contributed by atoms with Gasteiger partial charge in [-0.15, -0.1) is 11.3 Å². The van der Waals surface area contributed by atoms with E-state index in [-0.39, 0.29) is 11.9 Å². The lowest BCUT2D eigenvalue weighted by atomic mass is 10.2. The third-order valence-electron chi connectivity index (χ3n) is 3.24. The zero-order valence-corrected chi connectivity index (χ0v) is 11.3. The van der Waals surface area contributed by atoms with E-state index >= 15 is 0 Å². The van der Waals surface area contributed by atoms with E-state index in [0.717, 1.165) is 22.7 Å². The number of nitrogens with one attached hydrogen (secondary N) is 1. The molecule has 2 aromatic heterocycles. The normalized spacial score (nSPS) is 19.3. The number of likely N-dealkylation sites (N-methyl/N-ethyl adjacent to an activating group) is 1. The van der Waals surface area contributed by atoms with Crippen molar-refractivity contribution in [3.8, 4) is 0 Å². The molecule has 1 amide bonds. The Morgan fingerprint density at radius 3 is 3.21 bits per heavy atom. The summed E-state index contributed by atoms with van der Waals surface area (Å²) in [5, 5.41) is 3.08. The molecule has 0 saturated heterocycles. The van der Waals surface area contributed by atoms with Crippen molar-refractivity contribution in [2.45, 2.75) is 19.0 Å². The van der Waals surface area contributed by atoms with Crippen LogP contribution in [0.4, 0.5) is 0 Å². The first-order valence-electron chi connectivity index (χ1n) is 6.05. The van der Waals surface area contributed by atoms with Crippen LogP contribution < -0.4 is 5.32 Å². The molecule has 3 rings (SSSR count). The molecule has 3 heterocycles. The van der Waals surface area contributed by atoms with Crippen LogP contribution >= 0.6 is 11.3 Å². The monoisotopic (exact) mass is 278 g/mol. The minimum atomic E-state index is -0.308. The van der Waals surface area contributed by atoms with Gasteiger partial charge in [0.25, 0.3) is 0 Å². The Morgan fingerprint density at radius 2 is 2.47 bits per heavy atom. The average Bonchev–Trinajstić information content (AvgIpc) is 3.04. The molecule has 6 nitrogen and oxygen atoms in total. The van der Waals surface area contributed by atoms with Crippen LogP contribution in [-0.4, -0.2) is 34.4 Å². The molecule has 0 saturated carbocycles. The number of thiazole rings is 1. The number of carbonyl (C=O) groups is 1. The summed E-state index contributed by atoms with van der Waals surface area (Å²) in [6.07, 6.45) is 3.73. The lowest BCUT2D eigenvalue weighted by Gasteiger charge is -2.23. The molecule has 100 valence electrons. The maximum atomic E-state index is 12.5. The van der Waals surface area contributed by atoms with Gasteiger partial charge in [-0.3, -0.25) is 4.79 Å². The standard InChI is InChI=1S/C12H14N4O2S/c1-13-10-11-9(15-7-19-11)2-3-16(12(10)17)4-8-5-18-6-14-8/h5-7,10,13H,2-4H2,1H3. The second-order valence-corrected chi connectivity index (χ2v) is 5.26. The predicted octanol–water partition coefficient (Wildman–Crippen LogP) is 0.976. The molecule has 0 radical (unpaired) electrons. The minimum absolute atomic E-state index is 0.0634. The summed E-state index contributed by atoms with van der Waals surface area (Å²) >= 11 is 1.53. The first kappa shape index (κ1) is 12.3. The summed E-state index contributed by atoms with van der Waals surface area (Å²) < 4.78 is 4.95. The Kier molecular flexibility index (Phi) is 3.31. The number of aromatic nitrogens is 2. The molecule has 0 aliphatic carbocycles. The highest BCUT2D eigenvalue weighted by Crippen LogP contribution is 2.28.